The molecule has 1 fully saturated rings. The average Bonchev–Trinajstić information content (AvgIpc) is 2.66. The number of hydrogen-bond donors (Lipinski definition) is 3. The van der Waals surface area contributed by atoms with E-state index >= 15 is 0 Å². The Morgan fingerprint density at radius 1 is 1.44 bits per heavy atom. The maximum absolute atomic E-state index is 12.2. The van der Waals surface area contributed by atoms with Crippen LogP contribution in [0, 0.1) is 16.7 Å². The number of nitrogens with one attached hydrogen (secondary N) is 2. The highest BCUT2D eigenvalue weighted by Crippen LogP contribution is 2.42. The van der Waals surface area contributed by atoms with Crippen molar-refractivity contribution >= 4 is 29.2 Å². The molecule has 1 saturated carbocycles. The van der Waals surface area contributed by atoms with Crippen molar-refractivity contribution < 1.29 is 11.3 Å². The lowest BCUT2D eigenvalue weighted by Gasteiger charge is -2.49. The van der Waals surface area contributed by atoms with E-state index in [1.807, 2.05) is 13.8 Å². The second-order valence-electron chi connectivity index (χ2n) is 7.12. The van der Waals surface area contributed by atoms with Crippen molar-refractivity contribution in [3.8, 4) is 6.07 Å². The van der Waals surface area contributed by atoms with Crippen LogP contribution in [0.2, 0.25) is 5.02 Å². The monoisotopic (exact) mass is 387 g/mol. The summed E-state index contributed by atoms with van der Waals surface area (Å²) in [5.41, 5.74) is 0.529. The fraction of sp³-hybridized carbons (Fsp3) is 0.368. The summed E-state index contributed by atoms with van der Waals surface area (Å²) < 4.78 is 0. The number of anilines is 2. The molecule has 1 aromatic heterocycles. The van der Waals surface area contributed by atoms with Crippen LogP contribution >= 0.6 is 11.6 Å². The topological polar surface area (TPSA) is 111 Å². The van der Waals surface area contributed by atoms with Gasteiger partial charge in [0.2, 0.25) is 5.95 Å². The first-order valence-electron chi connectivity index (χ1n) is 8.55. The number of ketones is 1. The maximum atomic E-state index is 12.2. The molecular formula is C19H22ClN5O2. The molecular weight excluding hydrogens is 366 g/mol. The number of aromatic nitrogens is 2. The zero-order valence-corrected chi connectivity index (χ0v) is 15.8. The van der Waals surface area contributed by atoms with Gasteiger partial charge in [0, 0.05) is 23.5 Å². The molecule has 8 heteroatoms. The molecule has 3 N–H and O–H groups in total. The van der Waals surface area contributed by atoms with Gasteiger partial charge in [-0.3, -0.25) is 4.79 Å². The molecule has 0 bridgehead atoms. The minimum absolute atomic E-state index is 0. The summed E-state index contributed by atoms with van der Waals surface area (Å²) in [4.78, 5) is 20.6. The van der Waals surface area contributed by atoms with Crippen molar-refractivity contribution in [2.75, 3.05) is 17.2 Å². The Morgan fingerprint density at radius 3 is 2.74 bits per heavy atom. The number of carbonyl (C=O) groups excluding carboxylic acids is 1. The van der Waals surface area contributed by atoms with E-state index in [-0.39, 0.29) is 31.2 Å². The number of aliphatic hydroxyl groups excluding tert-OH is 1. The number of carbonyl (C=O) groups is 1. The SMILES string of the molecule is CC1(C)[C@@H](O)C[C@H]1Nc1nc(NCC(=O)c2ccc(Cl)cc2)ncc1C#N.[HH]. The van der Waals surface area contributed by atoms with Crippen molar-refractivity contribution in [1.82, 2.24) is 9.97 Å². The summed E-state index contributed by atoms with van der Waals surface area (Å²) in [6.45, 7) is 3.92. The Hall–Kier alpha value is -2.69. The third-order valence-corrected chi connectivity index (χ3v) is 5.26. The van der Waals surface area contributed by atoms with Crippen molar-refractivity contribution in [2.45, 2.75) is 32.4 Å². The van der Waals surface area contributed by atoms with Crippen molar-refractivity contribution in [2.24, 2.45) is 5.41 Å². The second-order valence-corrected chi connectivity index (χ2v) is 7.56. The molecule has 0 radical (unpaired) electrons. The van der Waals surface area contributed by atoms with E-state index in [4.69, 9.17) is 11.6 Å². The molecule has 1 aliphatic carbocycles. The van der Waals surface area contributed by atoms with E-state index in [0.717, 1.165) is 0 Å². The third-order valence-electron chi connectivity index (χ3n) is 5.01. The Labute approximate surface area is 163 Å². The lowest BCUT2D eigenvalue weighted by atomic mass is 9.64. The fourth-order valence-corrected chi connectivity index (χ4v) is 2.99. The Bertz CT molecular complexity index is 898. The zero-order valence-electron chi connectivity index (χ0n) is 15.0. The van der Waals surface area contributed by atoms with E-state index < -0.39 is 6.10 Å². The highest BCUT2D eigenvalue weighted by Gasteiger charge is 2.47. The second kappa shape index (κ2) is 7.51. The predicted molar refractivity (Wildman–Crippen MR) is 105 cm³/mol. The summed E-state index contributed by atoms with van der Waals surface area (Å²) in [6.07, 6.45) is 1.60. The third kappa shape index (κ3) is 4.02. The largest absolute Gasteiger partial charge is 0.392 e. The first kappa shape index (κ1) is 19.1. The van der Waals surface area contributed by atoms with Crippen LogP contribution in [0.25, 0.3) is 0 Å². The molecule has 1 aromatic carbocycles. The number of rotatable bonds is 6. The Balaban J connectivity index is 0.00000280. The quantitative estimate of drug-likeness (QED) is 0.653. The van der Waals surface area contributed by atoms with Crippen molar-refractivity contribution in [1.29, 1.82) is 5.26 Å². The molecule has 2 aromatic rings. The van der Waals surface area contributed by atoms with Crippen LogP contribution in [0.15, 0.2) is 30.5 Å². The highest BCUT2D eigenvalue weighted by molar-refractivity contribution is 6.30. The van der Waals surface area contributed by atoms with Gasteiger partial charge < -0.3 is 15.7 Å². The van der Waals surface area contributed by atoms with Gasteiger partial charge >= 0.3 is 0 Å². The van der Waals surface area contributed by atoms with Gasteiger partial charge in [-0.1, -0.05) is 25.4 Å². The molecule has 0 amide bonds. The lowest BCUT2D eigenvalue weighted by Crippen LogP contribution is -2.57. The minimum atomic E-state index is -0.392. The van der Waals surface area contributed by atoms with Crippen LogP contribution in [0.5, 0.6) is 0 Å². The van der Waals surface area contributed by atoms with Crippen molar-refractivity contribution in [3.63, 3.8) is 0 Å². The number of benzene rings is 1. The molecule has 0 aliphatic heterocycles. The van der Waals surface area contributed by atoms with Gasteiger partial charge in [0.15, 0.2) is 5.78 Å². The van der Waals surface area contributed by atoms with Gasteiger partial charge in [0.1, 0.15) is 17.5 Å². The summed E-state index contributed by atoms with van der Waals surface area (Å²) in [6, 6.07) is 8.68. The maximum Gasteiger partial charge on any atom is 0.225 e. The first-order chi connectivity index (χ1) is 12.8. The summed E-state index contributed by atoms with van der Waals surface area (Å²) in [5.74, 6) is 0.507. The molecule has 142 valence electrons. The lowest BCUT2D eigenvalue weighted by molar-refractivity contribution is -0.0511. The molecule has 0 unspecified atom stereocenters. The predicted octanol–water partition coefficient (Wildman–Crippen LogP) is 3.11. The molecule has 7 nitrogen and oxygen atoms in total. The van der Waals surface area contributed by atoms with Gasteiger partial charge in [-0.2, -0.15) is 10.2 Å². The van der Waals surface area contributed by atoms with Crippen LogP contribution < -0.4 is 10.6 Å². The number of aliphatic hydroxyl groups is 1. The summed E-state index contributed by atoms with van der Waals surface area (Å²) >= 11 is 5.83. The van der Waals surface area contributed by atoms with Gasteiger partial charge in [-0.15, -0.1) is 0 Å². The van der Waals surface area contributed by atoms with E-state index in [1.165, 1.54) is 6.20 Å². The summed E-state index contributed by atoms with van der Waals surface area (Å²) in [7, 11) is 0. The van der Waals surface area contributed by atoms with Crippen LogP contribution in [0.1, 0.15) is 37.6 Å². The highest BCUT2D eigenvalue weighted by atomic mass is 35.5. The van der Waals surface area contributed by atoms with Crippen LogP contribution in [-0.4, -0.2) is 39.5 Å². The zero-order chi connectivity index (χ0) is 19.6. The minimum Gasteiger partial charge on any atom is -0.392 e. The van der Waals surface area contributed by atoms with E-state index in [0.29, 0.717) is 28.4 Å². The van der Waals surface area contributed by atoms with E-state index in [1.54, 1.807) is 24.3 Å². The fourth-order valence-electron chi connectivity index (χ4n) is 2.87. The molecule has 0 saturated heterocycles. The number of Topliss-reactive ketones (excluding diaryl/α,β-unsaturated/α-hetero) is 1. The van der Waals surface area contributed by atoms with E-state index in [9.17, 15) is 15.2 Å². The van der Waals surface area contributed by atoms with Crippen LogP contribution in [0.3, 0.4) is 0 Å². The molecule has 27 heavy (non-hydrogen) atoms. The van der Waals surface area contributed by atoms with Crippen LogP contribution in [0.4, 0.5) is 11.8 Å². The van der Waals surface area contributed by atoms with E-state index in [2.05, 4.69) is 26.7 Å². The van der Waals surface area contributed by atoms with Gasteiger partial charge in [0.25, 0.3) is 0 Å². The standard InChI is InChI=1S/C19H20ClN5O2.H2/c1-19(2)15(7-16(19)27)24-17-12(8-21)9-22-18(25-17)23-10-14(26)11-3-5-13(20)6-4-11;/h3-6,9,15-16,27H,7,10H2,1-2H3,(H2,22,23,24,25);1H/t15-,16+;/m1./s1. The molecule has 2 atom stereocenters. The normalized spacial score (nSPS) is 20.3. The number of halogens is 1. The molecule has 1 aliphatic rings. The molecule has 1 heterocycles. The van der Waals surface area contributed by atoms with Crippen molar-refractivity contribution in [3.05, 3.63) is 46.6 Å². The summed E-state index contributed by atoms with van der Waals surface area (Å²) in [5, 5.41) is 25.8. The van der Waals surface area contributed by atoms with Gasteiger partial charge in [-0.05, 0) is 30.7 Å². The van der Waals surface area contributed by atoms with Gasteiger partial charge in [-0.25, -0.2) is 4.98 Å². The number of nitrogens with zero attached hydrogens (tertiary/aromatic N) is 3. The van der Waals surface area contributed by atoms with Crippen LogP contribution in [-0.2, 0) is 0 Å². The average molecular weight is 388 g/mol. The smallest absolute Gasteiger partial charge is 0.225 e. The van der Waals surface area contributed by atoms with Gasteiger partial charge in [0.05, 0.1) is 18.8 Å². The molecule has 0 spiro atoms. The first-order valence-corrected chi connectivity index (χ1v) is 8.93. The number of nitriles is 1. The molecule has 3 rings (SSSR count). The Kier molecular flexibility index (Phi) is 5.31. The Morgan fingerprint density at radius 2 is 2.15 bits per heavy atom. The number of hydrogen-bond acceptors (Lipinski definition) is 7.